The SMILES string of the molecule is CCc1cc(C(=O)NC(C)CCCBr)n(CC)n1. The Labute approximate surface area is 117 Å². The van der Waals surface area contributed by atoms with Crippen molar-refractivity contribution >= 4 is 21.8 Å². The third-order valence-electron chi connectivity index (χ3n) is 2.87. The average molecular weight is 316 g/mol. The van der Waals surface area contributed by atoms with Gasteiger partial charge in [0.05, 0.1) is 5.69 Å². The standard InChI is InChI=1S/C13H22BrN3O/c1-4-11-9-12(17(5-2)16-11)13(18)15-10(3)7-6-8-14/h9-10H,4-8H2,1-3H3,(H,15,18). The zero-order valence-corrected chi connectivity index (χ0v) is 13.0. The van der Waals surface area contributed by atoms with Gasteiger partial charge in [-0.05, 0) is 39.2 Å². The smallest absolute Gasteiger partial charge is 0.269 e. The first kappa shape index (κ1) is 15.2. The Bertz CT molecular complexity index is 390. The molecule has 1 aromatic rings. The summed E-state index contributed by atoms with van der Waals surface area (Å²) in [5.41, 5.74) is 1.63. The number of nitrogens with one attached hydrogen (secondary N) is 1. The van der Waals surface area contributed by atoms with Crippen molar-refractivity contribution in [2.45, 2.75) is 52.6 Å². The second-order valence-corrected chi connectivity index (χ2v) is 5.19. The van der Waals surface area contributed by atoms with E-state index in [9.17, 15) is 4.79 Å². The first-order chi connectivity index (χ1) is 8.62. The quantitative estimate of drug-likeness (QED) is 0.786. The van der Waals surface area contributed by atoms with Gasteiger partial charge in [0.15, 0.2) is 0 Å². The summed E-state index contributed by atoms with van der Waals surface area (Å²) in [5, 5.41) is 8.38. The summed E-state index contributed by atoms with van der Waals surface area (Å²) >= 11 is 3.40. The summed E-state index contributed by atoms with van der Waals surface area (Å²) in [5.74, 6) is -0.0221. The van der Waals surface area contributed by atoms with Crippen LogP contribution in [0.5, 0.6) is 0 Å². The van der Waals surface area contributed by atoms with Crippen LogP contribution < -0.4 is 5.32 Å². The van der Waals surface area contributed by atoms with E-state index in [1.54, 1.807) is 4.68 Å². The molecule has 1 amide bonds. The van der Waals surface area contributed by atoms with Crippen molar-refractivity contribution in [3.63, 3.8) is 0 Å². The highest BCUT2D eigenvalue weighted by Gasteiger charge is 2.15. The molecule has 1 N–H and O–H groups in total. The molecule has 1 atom stereocenters. The van der Waals surface area contributed by atoms with Gasteiger partial charge in [0.1, 0.15) is 5.69 Å². The van der Waals surface area contributed by atoms with Gasteiger partial charge in [0.25, 0.3) is 5.91 Å². The lowest BCUT2D eigenvalue weighted by atomic mass is 10.2. The van der Waals surface area contributed by atoms with Crippen molar-refractivity contribution in [3.05, 3.63) is 17.5 Å². The molecule has 0 saturated heterocycles. The fourth-order valence-electron chi connectivity index (χ4n) is 1.82. The number of carbonyl (C=O) groups excluding carboxylic acids is 1. The molecule has 0 fully saturated rings. The summed E-state index contributed by atoms with van der Waals surface area (Å²) in [4.78, 5) is 12.1. The molecular weight excluding hydrogens is 294 g/mol. The minimum absolute atomic E-state index is 0.0221. The van der Waals surface area contributed by atoms with Crippen molar-refractivity contribution in [2.24, 2.45) is 0 Å². The van der Waals surface area contributed by atoms with Crippen molar-refractivity contribution in [3.8, 4) is 0 Å². The van der Waals surface area contributed by atoms with Gasteiger partial charge in [-0.3, -0.25) is 9.48 Å². The first-order valence-electron chi connectivity index (χ1n) is 6.55. The molecular formula is C13H22BrN3O. The van der Waals surface area contributed by atoms with Crippen molar-refractivity contribution in [1.82, 2.24) is 15.1 Å². The number of amides is 1. The molecule has 1 heterocycles. The normalized spacial score (nSPS) is 12.4. The lowest BCUT2D eigenvalue weighted by molar-refractivity contribution is 0.0927. The Kier molecular flexibility index (Phi) is 6.39. The molecule has 0 aliphatic heterocycles. The van der Waals surface area contributed by atoms with Crippen LogP contribution in [0.15, 0.2) is 6.07 Å². The molecule has 0 radical (unpaired) electrons. The maximum atomic E-state index is 12.1. The minimum Gasteiger partial charge on any atom is -0.348 e. The van der Waals surface area contributed by atoms with E-state index in [4.69, 9.17) is 0 Å². The highest BCUT2D eigenvalue weighted by molar-refractivity contribution is 9.09. The second kappa shape index (κ2) is 7.56. The molecule has 0 aromatic carbocycles. The predicted molar refractivity (Wildman–Crippen MR) is 77.2 cm³/mol. The van der Waals surface area contributed by atoms with Gasteiger partial charge in [-0.1, -0.05) is 22.9 Å². The lowest BCUT2D eigenvalue weighted by Crippen LogP contribution is -2.34. The number of alkyl halides is 1. The van der Waals surface area contributed by atoms with E-state index in [1.807, 2.05) is 26.8 Å². The maximum absolute atomic E-state index is 12.1. The summed E-state index contributed by atoms with van der Waals surface area (Å²) in [6.07, 6.45) is 2.90. The molecule has 0 bridgehead atoms. The molecule has 0 aliphatic rings. The van der Waals surface area contributed by atoms with Gasteiger partial charge in [-0.15, -0.1) is 0 Å². The van der Waals surface area contributed by atoms with E-state index in [0.717, 1.165) is 36.8 Å². The highest BCUT2D eigenvalue weighted by atomic mass is 79.9. The molecule has 1 unspecified atom stereocenters. The topological polar surface area (TPSA) is 46.9 Å². The van der Waals surface area contributed by atoms with Crippen LogP contribution >= 0.6 is 15.9 Å². The molecule has 1 aromatic heterocycles. The minimum atomic E-state index is -0.0221. The molecule has 102 valence electrons. The van der Waals surface area contributed by atoms with Crippen LogP contribution in [0.3, 0.4) is 0 Å². The van der Waals surface area contributed by atoms with Crippen LogP contribution in [0.1, 0.15) is 49.8 Å². The molecule has 18 heavy (non-hydrogen) atoms. The lowest BCUT2D eigenvalue weighted by Gasteiger charge is -2.13. The Morgan fingerprint density at radius 3 is 2.83 bits per heavy atom. The molecule has 0 aliphatic carbocycles. The van der Waals surface area contributed by atoms with Gasteiger partial charge in [0.2, 0.25) is 0 Å². The molecule has 0 spiro atoms. The maximum Gasteiger partial charge on any atom is 0.269 e. The number of nitrogens with zero attached hydrogens (tertiary/aromatic N) is 2. The molecule has 4 nitrogen and oxygen atoms in total. The Balaban J connectivity index is 2.68. The number of rotatable bonds is 7. The molecule has 0 saturated carbocycles. The number of aryl methyl sites for hydroxylation is 2. The number of carbonyl (C=O) groups is 1. The Morgan fingerprint density at radius 2 is 2.28 bits per heavy atom. The Morgan fingerprint density at radius 1 is 1.56 bits per heavy atom. The molecule has 5 heteroatoms. The highest BCUT2D eigenvalue weighted by Crippen LogP contribution is 2.07. The number of aromatic nitrogens is 2. The first-order valence-corrected chi connectivity index (χ1v) is 7.68. The van der Waals surface area contributed by atoms with Gasteiger partial charge in [-0.2, -0.15) is 5.10 Å². The fraction of sp³-hybridized carbons (Fsp3) is 0.692. The van der Waals surface area contributed by atoms with Crippen LogP contribution in [0, 0.1) is 0 Å². The summed E-state index contributed by atoms with van der Waals surface area (Å²) in [6, 6.07) is 2.08. The van der Waals surface area contributed by atoms with Crippen LogP contribution in [0.25, 0.3) is 0 Å². The van der Waals surface area contributed by atoms with E-state index in [1.165, 1.54) is 0 Å². The van der Waals surface area contributed by atoms with Crippen molar-refractivity contribution in [2.75, 3.05) is 5.33 Å². The zero-order chi connectivity index (χ0) is 13.5. The van der Waals surface area contributed by atoms with E-state index in [-0.39, 0.29) is 11.9 Å². The van der Waals surface area contributed by atoms with Gasteiger partial charge >= 0.3 is 0 Å². The summed E-state index contributed by atoms with van der Waals surface area (Å²) in [7, 11) is 0. The van der Waals surface area contributed by atoms with E-state index in [0.29, 0.717) is 5.69 Å². The van der Waals surface area contributed by atoms with Crippen LogP contribution in [0.4, 0.5) is 0 Å². The average Bonchev–Trinajstić information content (AvgIpc) is 2.79. The number of hydrogen-bond donors (Lipinski definition) is 1. The monoisotopic (exact) mass is 315 g/mol. The van der Waals surface area contributed by atoms with Crippen molar-refractivity contribution < 1.29 is 4.79 Å². The Hall–Kier alpha value is -0.840. The van der Waals surface area contributed by atoms with Crippen LogP contribution in [-0.4, -0.2) is 27.1 Å². The fourth-order valence-corrected chi connectivity index (χ4v) is 2.14. The van der Waals surface area contributed by atoms with E-state index in [2.05, 4.69) is 26.3 Å². The van der Waals surface area contributed by atoms with Gasteiger partial charge < -0.3 is 5.32 Å². The van der Waals surface area contributed by atoms with Crippen LogP contribution in [-0.2, 0) is 13.0 Å². The van der Waals surface area contributed by atoms with Crippen LogP contribution in [0.2, 0.25) is 0 Å². The van der Waals surface area contributed by atoms with Gasteiger partial charge in [0, 0.05) is 17.9 Å². The van der Waals surface area contributed by atoms with Gasteiger partial charge in [-0.25, -0.2) is 0 Å². The number of halogens is 1. The molecule has 1 rings (SSSR count). The van der Waals surface area contributed by atoms with E-state index < -0.39 is 0 Å². The van der Waals surface area contributed by atoms with E-state index >= 15 is 0 Å². The number of hydrogen-bond acceptors (Lipinski definition) is 2. The third kappa shape index (κ3) is 4.12. The largest absolute Gasteiger partial charge is 0.348 e. The summed E-state index contributed by atoms with van der Waals surface area (Å²) < 4.78 is 1.77. The predicted octanol–water partition coefficient (Wildman–Crippen LogP) is 2.76. The second-order valence-electron chi connectivity index (χ2n) is 4.40. The van der Waals surface area contributed by atoms with Crippen molar-refractivity contribution in [1.29, 1.82) is 0 Å². The summed E-state index contributed by atoms with van der Waals surface area (Å²) in [6.45, 7) is 6.80. The third-order valence-corrected chi connectivity index (χ3v) is 3.43. The zero-order valence-electron chi connectivity index (χ0n) is 11.4.